The summed E-state index contributed by atoms with van der Waals surface area (Å²) in [6.45, 7) is 5.11. The van der Waals surface area contributed by atoms with Gasteiger partial charge in [0.1, 0.15) is 11.6 Å². The smallest absolute Gasteiger partial charge is 0.416 e. The number of halogens is 4. The molecule has 0 aromatic heterocycles. The van der Waals surface area contributed by atoms with Crippen molar-refractivity contribution in [1.82, 2.24) is 5.32 Å². The summed E-state index contributed by atoms with van der Waals surface area (Å²) in [5, 5.41) is 2.57. The zero-order valence-corrected chi connectivity index (χ0v) is 18.1. The summed E-state index contributed by atoms with van der Waals surface area (Å²) in [7, 11) is 0. The highest BCUT2D eigenvalue weighted by molar-refractivity contribution is 9.10. The number of alkyl carbamates (subject to hydrolysis) is 1. The molecule has 0 bridgehead atoms. The fourth-order valence-corrected chi connectivity index (χ4v) is 3.55. The van der Waals surface area contributed by atoms with Gasteiger partial charge in [0, 0.05) is 16.6 Å². The van der Waals surface area contributed by atoms with E-state index in [9.17, 15) is 22.8 Å². The Labute approximate surface area is 180 Å². The number of carbonyl (C=O) groups is 2. The minimum Gasteiger partial charge on any atom is -0.444 e. The van der Waals surface area contributed by atoms with Gasteiger partial charge in [0.15, 0.2) is 0 Å². The summed E-state index contributed by atoms with van der Waals surface area (Å²) in [5.41, 5.74) is 0.0214. The molecular formula is C21H20BrF3N2O3. The van der Waals surface area contributed by atoms with Crippen molar-refractivity contribution in [3.63, 3.8) is 0 Å². The van der Waals surface area contributed by atoms with Crippen LogP contribution in [0.3, 0.4) is 0 Å². The first kappa shape index (κ1) is 22.1. The van der Waals surface area contributed by atoms with Gasteiger partial charge in [-0.05, 0) is 68.8 Å². The largest absolute Gasteiger partial charge is 0.444 e. The van der Waals surface area contributed by atoms with Crippen LogP contribution in [-0.4, -0.2) is 23.6 Å². The van der Waals surface area contributed by atoms with E-state index in [2.05, 4.69) is 21.2 Å². The van der Waals surface area contributed by atoms with E-state index in [0.29, 0.717) is 5.69 Å². The normalized spacial score (nSPS) is 16.8. The fourth-order valence-electron chi connectivity index (χ4n) is 3.15. The van der Waals surface area contributed by atoms with Gasteiger partial charge in [-0.15, -0.1) is 0 Å². The van der Waals surface area contributed by atoms with Crippen molar-refractivity contribution in [2.75, 3.05) is 4.90 Å². The van der Waals surface area contributed by atoms with E-state index in [0.717, 1.165) is 22.2 Å². The summed E-state index contributed by atoms with van der Waals surface area (Å²) in [4.78, 5) is 26.7. The molecule has 0 spiro atoms. The lowest BCUT2D eigenvalue weighted by Gasteiger charge is -2.35. The fraction of sp³-hybridized carbons (Fsp3) is 0.333. The van der Waals surface area contributed by atoms with Crippen molar-refractivity contribution in [2.24, 2.45) is 0 Å². The van der Waals surface area contributed by atoms with Crippen LogP contribution in [0.2, 0.25) is 0 Å². The summed E-state index contributed by atoms with van der Waals surface area (Å²) >= 11 is 3.38. The van der Waals surface area contributed by atoms with Crippen LogP contribution in [0, 0.1) is 0 Å². The maximum Gasteiger partial charge on any atom is 0.416 e. The quantitative estimate of drug-likeness (QED) is 0.604. The molecule has 1 aliphatic rings. The molecule has 1 aliphatic heterocycles. The zero-order chi connectivity index (χ0) is 22.3. The molecule has 9 heteroatoms. The number of hydrogen-bond donors (Lipinski definition) is 1. The predicted octanol–water partition coefficient (Wildman–Crippen LogP) is 5.58. The molecule has 1 atom stereocenters. The van der Waals surface area contributed by atoms with E-state index in [1.54, 1.807) is 32.9 Å². The van der Waals surface area contributed by atoms with Crippen LogP contribution in [0.4, 0.5) is 29.3 Å². The van der Waals surface area contributed by atoms with Crippen molar-refractivity contribution in [2.45, 2.75) is 45.0 Å². The Morgan fingerprint density at radius 3 is 2.33 bits per heavy atom. The molecular weight excluding hydrogens is 465 g/mol. The number of carbonyl (C=O) groups excluding carboxylic acids is 2. The van der Waals surface area contributed by atoms with Crippen LogP contribution in [0.5, 0.6) is 0 Å². The molecule has 30 heavy (non-hydrogen) atoms. The SMILES string of the molecule is CC(C)(C)OC(=O)NC1Cc2cc(Br)ccc2N(c2ccc(C(F)(F)F)cc2)C1=O. The molecule has 1 heterocycles. The first-order valence-electron chi connectivity index (χ1n) is 9.14. The van der Waals surface area contributed by atoms with Gasteiger partial charge in [0.25, 0.3) is 5.91 Å². The highest BCUT2D eigenvalue weighted by Gasteiger charge is 2.36. The van der Waals surface area contributed by atoms with Gasteiger partial charge in [-0.25, -0.2) is 4.79 Å². The van der Waals surface area contributed by atoms with Gasteiger partial charge in [-0.1, -0.05) is 15.9 Å². The number of benzene rings is 2. The number of fused-ring (bicyclic) bond motifs is 1. The van der Waals surface area contributed by atoms with Gasteiger partial charge in [0.2, 0.25) is 0 Å². The van der Waals surface area contributed by atoms with Gasteiger partial charge in [-0.2, -0.15) is 13.2 Å². The number of nitrogens with zero attached hydrogens (tertiary/aromatic N) is 1. The molecule has 0 saturated carbocycles. The Kier molecular flexibility index (Phi) is 5.86. The van der Waals surface area contributed by atoms with Crippen LogP contribution in [0.25, 0.3) is 0 Å². The number of rotatable bonds is 2. The van der Waals surface area contributed by atoms with Crippen LogP contribution in [0.15, 0.2) is 46.9 Å². The monoisotopic (exact) mass is 484 g/mol. The standard InChI is InChI=1S/C21H20BrF3N2O3/c1-20(2,3)30-19(29)26-16-11-12-10-14(22)6-9-17(12)27(18(16)28)15-7-4-13(5-8-15)21(23,24)25/h4-10,16H,11H2,1-3H3,(H,26,29). The molecule has 2 amide bonds. The minimum absolute atomic E-state index is 0.226. The third-order valence-corrected chi connectivity index (χ3v) is 4.86. The summed E-state index contributed by atoms with van der Waals surface area (Å²) in [5.74, 6) is -0.463. The molecule has 3 rings (SSSR count). The van der Waals surface area contributed by atoms with E-state index in [4.69, 9.17) is 4.74 Å². The Bertz CT molecular complexity index is 969. The van der Waals surface area contributed by atoms with Crippen molar-refractivity contribution in [1.29, 1.82) is 0 Å². The summed E-state index contributed by atoms with van der Waals surface area (Å²) < 4.78 is 44.8. The number of anilines is 2. The summed E-state index contributed by atoms with van der Waals surface area (Å²) in [6.07, 6.45) is -5.00. The first-order chi connectivity index (χ1) is 13.8. The number of alkyl halides is 3. The molecule has 1 unspecified atom stereocenters. The van der Waals surface area contributed by atoms with Gasteiger partial charge >= 0.3 is 12.3 Å². The molecule has 1 N–H and O–H groups in total. The average molecular weight is 485 g/mol. The Morgan fingerprint density at radius 1 is 1.13 bits per heavy atom. The first-order valence-corrected chi connectivity index (χ1v) is 9.93. The Hall–Kier alpha value is -2.55. The van der Waals surface area contributed by atoms with E-state index < -0.39 is 35.4 Å². The molecule has 0 fully saturated rings. The van der Waals surface area contributed by atoms with E-state index in [1.807, 2.05) is 6.07 Å². The Balaban J connectivity index is 1.97. The van der Waals surface area contributed by atoms with E-state index in [1.165, 1.54) is 17.0 Å². The predicted molar refractivity (Wildman–Crippen MR) is 110 cm³/mol. The highest BCUT2D eigenvalue weighted by Crippen LogP contribution is 2.37. The second-order valence-electron chi connectivity index (χ2n) is 7.89. The topological polar surface area (TPSA) is 58.6 Å². The van der Waals surface area contributed by atoms with Gasteiger partial charge in [0.05, 0.1) is 11.3 Å². The maximum absolute atomic E-state index is 13.2. The number of ether oxygens (including phenoxy) is 1. The Morgan fingerprint density at radius 2 is 1.77 bits per heavy atom. The third kappa shape index (κ3) is 4.95. The summed E-state index contributed by atoms with van der Waals surface area (Å²) in [6, 6.07) is 8.65. The second kappa shape index (κ2) is 7.94. The number of amides is 2. The van der Waals surface area contributed by atoms with Crippen LogP contribution >= 0.6 is 15.9 Å². The molecule has 160 valence electrons. The maximum atomic E-state index is 13.2. The van der Waals surface area contributed by atoms with E-state index >= 15 is 0 Å². The molecule has 2 aromatic carbocycles. The molecule has 0 aliphatic carbocycles. The number of hydrogen-bond acceptors (Lipinski definition) is 3. The van der Waals surface area contributed by atoms with Gasteiger partial charge < -0.3 is 10.1 Å². The van der Waals surface area contributed by atoms with Crippen molar-refractivity contribution >= 4 is 39.3 Å². The third-order valence-electron chi connectivity index (χ3n) is 4.37. The highest BCUT2D eigenvalue weighted by atomic mass is 79.9. The molecule has 0 radical (unpaired) electrons. The van der Waals surface area contributed by atoms with E-state index in [-0.39, 0.29) is 12.1 Å². The van der Waals surface area contributed by atoms with Crippen LogP contribution in [-0.2, 0) is 22.1 Å². The second-order valence-corrected chi connectivity index (χ2v) is 8.81. The van der Waals surface area contributed by atoms with Gasteiger partial charge in [-0.3, -0.25) is 9.69 Å². The zero-order valence-electron chi connectivity index (χ0n) is 16.5. The lowest BCUT2D eigenvalue weighted by molar-refractivity contribution is -0.137. The van der Waals surface area contributed by atoms with Crippen molar-refractivity contribution in [3.8, 4) is 0 Å². The molecule has 5 nitrogen and oxygen atoms in total. The van der Waals surface area contributed by atoms with Crippen molar-refractivity contribution in [3.05, 3.63) is 58.1 Å². The lowest BCUT2D eigenvalue weighted by Crippen LogP contribution is -2.52. The number of nitrogens with one attached hydrogen (secondary N) is 1. The van der Waals surface area contributed by atoms with Crippen molar-refractivity contribution < 1.29 is 27.5 Å². The average Bonchev–Trinajstić information content (AvgIpc) is 2.60. The molecule has 2 aromatic rings. The van der Waals surface area contributed by atoms with Crippen LogP contribution < -0.4 is 10.2 Å². The lowest BCUT2D eigenvalue weighted by atomic mass is 9.96. The van der Waals surface area contributed by atoms with Crippen LogP contribution in [0.1, 0.15) is 31.9 Å². The minimum atomic E-state index is -4.48. The molecule has 0 saturated heterocycles.